The van der Waals surface area contributed by atoms with E-state index < -0.39 is 33.7 Å². The quantitative estimate of drug-likeness (QED) is 0.417. The summed E-state index contributed by atoms with van der Waals surface area (Å²) in [5, 5.41) is 0. The third kappa shape index (κ3) is 5.03. The number of ether oxygens (including phenoxy) is 1. The van der Waals surface area contributed by atoms with Crippen LogP contribution in [-0.4, -0.2) is 37.7 Å². The number of anilines is 1. The molecule has 2 amide bonds. The number of carbonyl (C=O) groups is 2. The summed E-state index contributed by atoms with van der Waals surface area (Å²) in [5.41, 5.74) is 1.92. The molecule has 0 aliphatic carbocycles. The number of methoxy groups -OCH3 is 1. The number of hydrogen-bond acceptors (Lipinski definition) is 5. The average molecular weight is 511 g/mol. The largest absolute Gasteiger partial charge is 0.497 e. The van der Waals surface area contributed by atoms with Crippen molar-refractivity contribution in [3.63, 3.8) is 0 Å². The van der Waals surface area contributed by atoms with E-state index in [1.807, 2.05) is 26.0 Å². The minimum absolute atomic E-state index is 0.0506. The molecule has 1 atom stereocenters. The van der Waals surface area contributed by atoms with Crippen LogP contribution in [0.4, 0.5) is 10.1 Å². The highest BCUT2D eigenvalue weighted by atomic mass is 32.2. The summed E-state index contributed by atoms with van der Waals surface area (Å²) in [4.78, 5) is 27.5. The monoisotopic (exact) mass is 510 g/mol. The summed E-state index contributed by atoms with van der Waals surface area (Å²) in [6, 6.07) is 17.0. The van der Waals surface area contributed by atoms with Gasteiger partial charge >= 0.3 is 0 Å². The molecule has 9 heteroatoms. The van der Waals surface area contributed by atoms with Crippen molar-refractivity contribution >= 4 is 27.5 Å². The minimum Gasteiger partial charge on any atom is -0.497 e. The molecule has 1 heterocycles. The van der Waals surface area contributed by atoms with Gasteiger partial charge in [-0.15, -0.1) is 0 Å². The van der Waals surface area contributed by atoms with Gasteiger partial charge in [0.25, 0.3) is 5.91 Å². The van der Waals surface area contributed by atoms with Gasteiger partial charge in [0.05, 0.1) is 24.1 Å². The van der Waals surface area contributed by atoms with E-state index in [9.17, 15) is 22.4 Å². The highest BCUT2D eigenvalue weighted by molar-refractivity contribution is 7.89. The molecule has 3 aromatic carbocycles. The lowest BCUT2D eigenvalue weighted by molar-refractivity contribution is -0.122. The number of rotatable bonds is 8. The summed E-state index contributed by atoms with van der Waals surface area (Å²) in [6.07, 6.45) is -0.304. The van der Waals surface area contributed by atoms with Crippen LogP contribution < -0.4 is 9.64 Å². The predicted octanol–water partition coefficient (Wildman–Crippen LogP) is 4.48. The Bertz CT molecular complexity index is 1350. The molecule has 0 N–H and O–H groups in total. The SMILES string of the molecule is COc1ccc(S(=O)(=O)N(Cc2ccc(F)cc2)C2CC(=O)N(c3ccc(C(C)C)cc3)C2=O)cc1. The molecule has 1 fully saturated rings. The molecule has 4 rings (SSSR count). The smallest absolute Gasteiger partial charge is 0.252 e. The van der Waals surface area contributed by atoms with E-state index in [1.165, 1.54) is 55.6 Å². The number of sulfonamides is 1. The summed E-state index contributed by atoms with van der Waals surface area (Å²) in [6.45, 7) is 3.86. The van der Waals surface area contributed by atoms with Crippen LogP contribution in [0.5, 0.6) is 5.75 Å². The Hall–Kier alpha value is -3.56. The van der Waals surface area contributed by atoms with Gasteiger partial charge in [-0.25, -0.2) is 17.7 Å². The molecule has 0 aromatic heterocycles. The zero-order chi connectivity index (χ0) is 26.0. The fraction of sp³-hybridized carbons (Fsp3) is 0.259. The van der Waals surface area contributed by atoms with E-state index in [-0.39, 0.29) is 23.8 Å². The van der Waals surface area contributed by atoms with Gasteiger partial charge in [-0.2, -0.15) is 4.31 Å². The summed E-state index contributed by atoms with van der Waals surface area (Å²) in [7, 11) is -2.75. The standard InChI is InChI=1S/C27H27FN2O5S/c1-18(2)20-6-10-22(11-7-20)30-26(31)16-25(27(30)32)29(17-19-4-8-21(28)9-5-19)36(33,34)24-14-12-23(35-3)13-15-24/h4-15,18,25H,16-17H2,1-3H3. The molecule has 36 heavy (non-hydrogen) atoms. The first kappa shape index (κ1) is 25.5. The molecule has 0 saturated carbocycles. The van der Waals surface area contributed by atoms with Gasteiger partial charge < -0.3 is 4.74 Å². The molecule has 1 saturated heterocycles. The minimum atomic E-state index is -4.21. The molecule has 7 nitrogen and oxygen atoms in total. The lowest BCUT2D eigenvalue weighted by Gasteiger charge is -2.27. The summed E-state index contributed by atoms with van der Waals surface area (Å²) in [5.74, 6) is -0.834. The second-order valence-electron chi connectivity index (χ2n) is 8.89. The molecule has 1 aliphatic heterocycles. The van der Waals surface area contributed by atoms with Crippen molar-refractivity contribution in [3.05, 3.63) is 89.7 Å². The Morgan fingerprint density at radius 3 is 2.14 bits per heavy atom. The third-order valence-electron chi connectivity index (χ3n) is 6.21. The Balaban J connectivity index is 1.72. The van der Waals surface area contributed by atoms with Crippen LogP contribution in [-0.2, 0) is 26.2 Å². The number of imide groups is 1. The fourth-order valence-electron chi connectivity index (χ4n) is 4.14. The van der Waals surface area contributed by atoms with Gasteiger partial charge in [0.15, 0.2) is 0 Å². The fourth-order valence-corrected chi connectivity index (χ4v) is 5.71. The Morgan fingerprint density at radius 1 is 0.972 bits per heavy atom. The van der Waals surface area contributed by atoms with Crippen molar-refractivity contribution < 1.29 is 27.1 Å². The molecular formula is C27H27FN2O5S. The molecular weight excluding hydrogens is 483 g/mol. The van der Waals surface area contributed by atoms with Crippen LogP contribution in [0.3, 0.4) is 0 Å². The van der Waals surface area contributed by atoms with Crippen LogP contribution in [0.25, 0.3) is 0 Å². The van der Waals surface area contributed by atoms with Gasteiger partial charge in [0.1, 0.15) is 17.6 Å². The highest BCUT2D eigenvalue weighted by Gasteiger charge is 2.47. The van der Waals surface area contributed by atoms with E-state index >= 15 is 0 Å². The molecule has 188 valence electrons. The number of halogens is 1. The van der Waals surface area contributed by atoms with Crippen molar-refractivity contribution in [2.75, 3.05) is 12.0 Å². The van der Waals surface area contributed by atoms with Crippen LogP contribution >= 0.6 is 0 Å². The Kier molecular flexibility index (Phi) is 7.23. The van der Waals surface area contributed by atoms with Crippen molar-refractivity contribution in [2.45, 2.75) is 43.7 Å². The lowest BCUT2D eigenvalue weighted by Crippen LogP contribution is -2.45. The number of nitrogens with zero attached hydrogens (tertiary/aromatic N) is 2. The topological polar surface area (TPSA) is 84.0 Å². The highest BCUT2D eigenvalue weighted by Crippen LogP contribution is 2.32. The number of carbonyl (C=O) groups excluding carboxylic acids is 2. The first-order valence-electron chi connectivity index (χ1n) is 11.5. The van der Waals surface area contributed by atoms with Gasteiger partial charge in [-0.1, -0.05) is 38.1 Å². The normalized spacial score (nSPS) is 16.3. The number of hydrogen-bond donors (Lipinski definition) is 0. The Morgan fingerprint density at radius 2 is 1.58 bits per heavy atom. The van der Waals surface area contributed by atoms with Crippen LogP contribution in [0.1, 0.15) is 37.3 Å². The first-order valence-corrected chi connectivity index (χ1v) is 12.9. The predicted molar refractivity (Wildman–Crippen MR) is 134 cm³/mol. The third-order valence-corrected chi connectivity index (χ3v) is 8.08. The van der Waals surface area contributed by atoms with Crippen molar-refractivity contribution in [3.8, 4) is 5.75 Å². The molecule has 1 aliphatic rings. The number of amides is 2. The lowest BCUT2D eigenvalue weighted by atomic mass is 10.0. The van der Waals surface area contributed by atoms with Crippen molar-refractivity contribution in [2.24, 2.45) is 0 Å². The average Bonchev–Trinajstić information content (AvgIpc) is 3.16. The van der Waals surface area contributed by atoms with Crippen LogP contribution in [0, 0.1) is 5.82 Å². The summed E-state index contributed by atoms with van der Waals surface area (Å²) < 4.78 is 47.1. The second kappa shape index (κ2) is 10.2. The van der Waals surface area contributed by atoms with Gasteiger partial charge in [0.2, 0.25) is 15.9 Å². The van der Waals surface area contributed by atoms with Gasteiger partial charge in [0, 0.05) is 6.54 Å². The van der Waals surface area contributed by atoms with Gasteiger partial charge in [-0.3, -0.25) is 9.59 Å². The van der Waals surface area contributed by atoms with E-state index in [2.05, 4.69) is 0 Å². The van der Waals surface area contributed by atoms with Crippen molar-refractivity contribution in [1.82, 2.24) is 4.31 Å². The molecule has 1 unspecified atom stereocenters. The van der Waals surface area contributed by atoms with E-state index in [4.69, 9.17) is 4.74 Å². The van der Waals surface area contributed by atoms with Gasteiger partial charge in [-0.05, 0) is 65.6 Å². The van der Waals surface area contributed by atoms with E-state index in [0.29, 0.717) is 17.0 Å². The summed E-state index contributed by atoms with van der Waals surface area (Å²) >= 11 is 0. The molecule has 0 spiro atoms. The zero-order valence-corrected chi connectivity index (χ0v) is 21.0. The maximum Gasteiger partial charge on any atom is 0.252 e. The second-order valence-corrected chi connectivity index (χ2v) is 10.8. The van der Waals surface area contributed by atoms with E-state index in [0.717, 1.165) is 14.8 Å². The van der Waals surface area contributed by atoms with Crippen LogP contribution in [0.2, 0.25) is 0 Å². The first-order chi connectivity index (χ1) is 17.1. The van der Waals surface area contributed by atoms with Crippen LogP contribution in [0.15, 0.2) is 77.7 Å². The molecule has 0 radical (unpaired) electrons. The molecule has 3 aromatic rings. The van der Waals surface area contributed by atoms with Crippen molar-refractivity contribution in [1.29, 1.82) is 0 Å². The van der Waals surface area contributed by atoms with E-state index in [1.54, 1.807) is 12.1 Å². The molecule has 0 bridgehead atoms. The Labute approximate surface area is 210 Å². The number of benzene rings is 3. The maximum absolute atomic E-state index is 13.7. The zero-order valence-electron chi connectivity index (χ0n) is 20.2. The maximum atomic E-state index is 13.7.